The summed E-state index contributed by atoms with van der Waals surface area (Å²) in [6.45, 7) is 3.05. The zero-order valence-electron chi connectivity index (χ0n) is 11.3. The highest BCUT2D eigenvalue weighted by atomic mass is 16.5. The van der Waals surface area contributed by atoms with Crippen molar-refractivity contribution >= 4 is 0 Å². The van der Waals surface area contributed by atoms with Crippen LogP contribution >= 0.6 is 0 Å². The Morgan fingerprint density at radius 3 is 3.05 bits per heavy atom. The molecule has 0 amide bonds. The van der Waals surface area contributed by atoms with Crippen molar-refractivity contribution in [1.29, 1.82) is 0 Å². The van der Waals surface area contributed by atoms with Crippen LogP contribution in [0.5, 0.6) is 5.75 Å². The van der Waals surface area contributed by atoms with Gasteiger partial charge in [0.05, 0.1) is 12.8 Å². The fraction of sp³-hybridized carbons (Fsp3) is 0.400. The molecule has 0 saturated heterocycles. The molecule has 2 atom stereocenters. The van der Waals surface area contributed by atoms with Gasteiger partial charge >= 0.3 is 0 Å². The molecule has 1 aliphatic rings. The summed E-state index contributed by atoms with van der Waals surface area (Å²) in [5, 5.41) is 0. The van der Waals surface area contributed by atoms with Gasteiger partial charge in [-0.05, 0) is 18.6 Å². The van der Waals surface area contributed by atoms with E-state index in [1.54, 1.807) is 7.11 Å². The first-order chi connectivity index (χ1) is 9.17. The van der Waals surface area contributed by atoms with Gasteiger partial charge in [-0.1, -0.05) is 19.1 Å². The largest absolute Gasteiger partial charge is 0.497 e. The van der Waals surface area contributed by atoms with Crippen LogP contribution < -0.4 is 10.5 Å². The highest BCUT2D eigenvalue weighted by Crippen LogP contribution is 2.30. The van der Waals surface area contributed by atoms with Crippen molar-refractivity contribution in [1.82, 2.24) is 9.55 Å². The highest BCUT2D eigenvalue weighted by molar-refractivity contribution is 5.61. The molecule has 0 aliphatic carbocycles. The summed E-state index contributed by atoms with van der Waals surface area (Å²) in [5.41, 5.74) is 8.15. The summed E-state index contributed by atoms with van der Waals surface area (Å²) in [4.78, 5) is 4.76. The summed E-state index contributed by atoms with van der Waals surface area (Å²) in [6.07, 6.45) is 3.11. The van der Waals surface area contributed by atoms with Crippen LogP contribution in [0.4, 0.5) is 0 Å². The van der Waals surface area contributed by atoms with E-state index in [1.807, 2.05) is 18.2 Å². The number of nitrogens with zero attached hydrogens (tertiary/aromatic N) is 2. The Bertz CT molecular complexity index is 591. The third-order valence-corrected chi connectivity index (χ3v) is 3.70. The van der Waals surface area contributed by atoms with Crippen LogP contribution in [0.2, 0.25) is 0 Å². The molecule has 1 aromatic carbocycles. The number of nitrogens with two attached hydrogens (primary N) is 1. The molecule has 0 spiro atoms. The predicted octanol–water partition coefficient (Wildman–Crippen LogP) is 2.39. The molecule has 2 unspecified atom stereocenters. The van der Waals surface area contributed by atoms with Crippen LogP contribution in [0.25, 0.3) is 11.3 Å². The van der Waals surface area contributed by atoms with Crippen LogP contribution in [0.1, 0.15) is 25.1 Å². The van der Waals surface area contributed by atoms with Gasteiger partial charge in [0.15, 0.2) is 0 Å². The zero-order chi connectivity index (χ0) is 13.4. The minimum atomic E-state index is 0.231. The number of benzene rings is 1. The molecular formula is C15H19N3O. The Morgan fingerprint density at radius 1 is 1.42 bits per heavy atom. The molecule has 2 heterocycles. The minimum absolute atomic E-state index is 0.231. The van der Waals surface area contributed by atoms with Crippen LogP contribution in [-0.4, -0.2) is 22.7 Å². The van der Waals surface area contributed by atoms with Gasteiger partial charge in [0.2, 0.25) is 0 Å². The fourth-order valence-corrected chi connectivity index (χ4v) is 2.78. The van der Waals surface area contributed by atoms with E-state index in [9.17, 15) is 0 Å². The van der Waals surface area contributed by atoms with E-state index in [0.29, 0.717) is 5.92 Å². The van der Waals surface area contributed by atoms with Gasteiger partial charge in [0, 0.05) is 30.3 Å². The summed E-state index contributed by atoms with van der Waals surface area (Å²) >= 11 is 0. The molecule has 1 aromatic heterocycles. The maximum absolute atomic E-state index is 6.06. The summed E-state index contributed by atoms with van der Waals surface area (Å²) < 4.78 is 7.45. The molecule has 100 valence electrons. The number of hydrogen-bond acceptors (Lipinski definition) is 3. The number of ether oxygens (including phenoxy) is 1. The van der Waals surface area contributed by atoms with Gasteiger partial charge in [-0.2, -0.15) is 0 Å². The van der Waals surface area contributed by atoms with Crippen LogP contribution in [0.3, 0.4) is 0 Å². The lowest BCUT2D eigenvalue weighted by molar-refractivity contribution is 0.407. The van der Waals surface area contributed by atoms with Crippen LogP contribution in [0, 0.1) is 0 Å². The van der Waals surface area contributed by atoms with E-state index in [4.69, 9.17) is 15.5 Å². The molecule has 0 bridgehead atoms. The van der Waals surface area contributed by atoms with Crippen molar-refractivity contribution in [3.8, 4) is 17.0 Å². The third kappa shape index (κ3) is 2.24. The van der Waals surface area contributed by atoms with Crippen molar-refractivity contribution in [2.45, 2.75) is 31.8 Å². The SMILES string of the molecule is COc1cccc(-c2cn3c(n2)C(C)CC(N)C3)c1. The van der Waals surface area contributed by atoms with E-state index >= 15 is 0 Å². The highest BCUT2D eigenvalue weighted by Gasteiger charge is 2.24. The second kappa shape index (κ2) is 4.70. The Labute approximate surface area is 113 Å². The van der Waals surface area contributed by atoms with Crippen molar-refractivity contribution < 1.29 is 4.74 Å². The average Bonchev–Trinajstić information content (AvgIpc) is 2.83. The maximum atomic E-state index is 6.06. The van der Waals surface area contributed by atoms with E-state index in [2.05, 4.69) is 23.8 Å². The van der Waals surface area contributed by atoms with E-state index in [1.165, 1.54) is 0 Å². The third-order valence-electron chi connectivity index (χ3n) is 3.70. The molecule has 0 fully saturated rings. The van der Waals surface area contributed by atoms with Gasteiger partial charge < -0.3 is 15.0 Å². The monoisotopic (exact) mass is 257 g/mol. The van der Waals surface area contributed by atoms with Crippen molar-refractivity contribution in [3.05, 3.63) is 36.3 Å². The topological polar surface area (TPSA) is 53.1 Å². The molecule has 0 saturated carbocycles. The summed E-state index contributed by atoms with van der Waals surface area (Å²) in [7, 11) is 1.68. The Balaban J connectivity index is 2.00. The maximum Gasteiger partial charge on any atom is 0.119 e. The zero-order valence-corrected chi connectivity index (χ0v) is 11.3. The first-order valence-corrected chi connectivity index (χ1v) is 6.64. The molecule has 19 heavy (non-hydrogen) atoms. The smallest absolute Gasteiger partial charge is 0.119 e. The Morgan fingerprint density at radius 2 is 2.26 bits per heavy atom. The van der Waals surface area contributed by atoms with Crippen LogP contribution in [0.15, 0.2) is 30.5 Å². The number of hydrogen-bond donors (Lipinski definition) is 1. The van der Waals surface area contributed by atoms with Crippen molar-refractivity contribution in [2.24, 2.45) is 5.73 Å². The molecule has 2 aromatic rings. The molecule has 1 aliphatic heterocycles. The molecule has 4 heteroatoms. The van der Waals surface area contributed by atoms with Gasteiger partial charge in [0.1, 0.15) is 11.6 Å². The second-order valence-electron chi connectivity index (χ2n) is 5.27. The van der Waals surface area contributed by atoms with Crippen molar-refractivity contribution in [2.75, 3.05) is 7.11 Å². The normalized spacial score (nSPS) is 22.1. The van der Waals surface area contributed by atoms with E-state index in [0.717, 1.165) is 35.8 Å². The Hall–Kier alpha value is -1.81. The van der Waals surface area contributed by atoms with E-state index < -0.39 is 0 Å². The van der Waals surface area contributed by atoms with Gasteiger partial charge in [0.25, 0.3) is 0 Å². The summed E-state index contributed by atoms with van der Waals surface area (Å²) in [6, 6.07) is 8.23. The number of aromatic nitrogens is 2. The van der Waals surface area contributed by atoms with Crippen molar-refractivity contribution in [3.63, 3.8) is 0 Å². The number of imidazole rings is 1. The summed E-state index contributed by atoms with van der Waals surface area (Å²) in [5.74, 6) is 2.41. The molecule has 3 rings (SSSR count). The Kier molecular flexibility index (Phi) is 3.03. The van der Waals surface area contributed by atoms with E-state index in [-0.39, 0.29) is 6.04 Å². The molecule has 0 radical (unpaired) electrons. The molecule has 4 nitrogen and oxygen atoms in total. The number of fused-ring (bicyclic) bond motifs is 1. The quantitative estimate of drug-likeness (QED) is 0.898. The van der Waals surface area contributed by atoms with Crippen LogP contribution in [-0.2, 0) is 6.54 Å². The average molecular weight is 257 g/mol. The van der Waals surface area contributed by atoms with Gasteiger partial charge in [-0.25, -0.2) is 4.98 Å². The lowest BCUT2D eigenvalue weighted by Gasteiger charge is -2.25. The van der Waals surface area contributed by atoms with Gasteiger partial charge in [-0.3, -0.25) is 0 Å². The number of rotatable bonds is 2. The molecular weight excluding hydrogens is 238 g/mol. The second-order valence-corrected chi connectivity index (χ2v) is 5.27. The lowest BCUT2D eigenvalue weighted by Crippen LogP contribution is -2.33. The number of methoxy groups -OCH3 is 1. The molecule has 2 N–H and O–H groups in total. The first-order valence-electron chi connectivity index (χ1n) is 6.64. The standard InChI is InChI=1S/C15H19N3O/c1-10-6-12(16)8-18-9-14(17-15(10)18)11-4-3-5-13(7-11)19-2/h3-5,7,9-10,12H,6,8,16H2,1-2H3. The predicted molar refractivity (Wildman–Crippen MR) is 75.2 cm³/mol. The minimum Gasteiger partial charge on any atom is -0.497 e. The fourth-order valence-electron chi connectivity index (χ4n) is 2.78. The first kappa shape index (κ1) is 12.2. The lowest BCUT2D eigenvalue weighted by atomic mass is 9.98. The van der Waals surface area contributed by atoms with Gasteiger partial charge in [-0.15, -0.1) is 0 Å².